The number of nitriles is 1. The second-order valence-corrected chi connectivity index (χ2v) is 7.09. The minimum absolute atomic E-state index is 0.189. The quantitative estimate of drug-likeness (QED) is 0.307. The van der Waals surface area contributed by atoms with Gasteiger partial charge >= 0.3 is 5.97 Å². The van der Waals surface area contributed by atoms with E-state index in [0.717, 1.165) is 16.9 Å². The number of hydrogen-bond donors (Lipinski definition) is 1. The van der Waals surface area contributed by atoms with Crippen LogP contribution in [0, 0.1) is 11.3 Å². The fourth-order valence-electron chi connectivity index (χ4n) is 3.29. The van der Waals surface area contributed by atoms with Gasteiger partial charge in [0.15, 0.2) is 0 Å². The normalized spacial score (nSPS) is 11.1. The zero-order chi connectivity index (χ0) is 21.6. The second kappa shape index (κ2) is 8.98. The summed E-state index contributed by atoms with van der Waals surface area (Å²) in [5, 5.41) is 20.9. The number of carboxylic acid groups (broad SMARTS) is 1. The van der Waals surface area contributed by atoms with Gasteiger partial charge in [0.05, 0.1) is 17.2 Å². The van der Waals surface area contributed by atoms with Crippen molar-refractivity contribution in [3.8, 4) is 11.8 Å². The first kappa shape index (κ1) is 19.9. The summed E-state index contributed by atoms with van der Waals surface area (Å²) in [6.45, 7) is 0.472. The lowest BCUT2D eigenvalue weighted by Gasteiger charge is -2.08. The van der Waals surface area contributed by atoms with Gasteiger partial charge in [-0.05, 0) is 63.9 Å². The maximum atomic E-state index is 11.0. The molecule has 4 aromatic carbocycles. The molecular formula is C27H19NO3. The maximum absolute atomic E-state index is 11.0. The van der Waals surface area contributed by atoms with Crippen LogP contribution < -0.4 is 4.74 Å². The summed E-state index contributed by atoms with van der Waals surface area (Å²) < 4.78 is 5.91. The van der Waals surface area contributed by atoms with Crippen LogP contribution in [0.15, 0.2) is 91.0 Å². The van der Waals surface area contributed by atoms with Gasteiger partial charge in [-0.25, -0.2) is 4.79 Å². The summed E-state index contributed by atoms with van der Waals surface area (Å²) in [6, 6.07) is 30.5. The average molecular weight is 405 g/mol. The van der Waals surface area contributed by atoms with Crippen LogP contribution in [0.3, 0.4) is 0 Å². The first-order valence-electron chi connectivity index (χ1n) is 9.78. The van der Waals surface area contributed by atoms with Crippen molar-refractivity contribution < 1.29 is 14.6 Å². The molecule has 150 valence electrons. The molecule has 0 saturated heterocycles. The molecule has 31 heavy (non-hydrogen) atoms. The van der Waals surface area contributed by atoms with Gasteiger partial charge in [-0.1, -0.05) is 60.7 Å². The van der Waals surface area contributed by atoms with Gasteiger partial charge in [0.2, 0.25) is 0 Å². The number of benzene rings is 4. The van der Waals surface area contributed by atoms with Crippen molar-refractivity contribution in [2.45, 2.75) is 6.61 Å². The Bertz CT molecular complexity index is 1300. The number of carbonyl (C=O) groups is 1. The van der Waals surface area contributed by atoms with Crippen molar-refractivity contribution >= 4 is 28.4 Å². The number of hydrogen-bond acceptors (Lipinski definition) is 3. The van der Waals surface area contributed by atoms with Crippen LogP contribution in [0.1, 0.15) is 27.0 Å². The third-order valence-electron chi connectivity index (χ3n) is 4.97. The molecule has 0 amide bonds. The van der Waals surface area contributed by atoms with Crippen molar-refractivity contribution in [1.29, 1.82) is 5.26 Å². The maximum Gasteiger partial charge on any atom is 0.335 e. The molecule has 4 rings (SSSR count). The minimum atomic E-state index is -0.992. The Labute approximate surface area is 180 Å². The highest BCUT2D eigenvalue weighted by molar-refractivity contribution is 5.92. The highest BCUT2D eigenvalue weighted by Gasteiger charge is 2.05. The molecule has 0 saturated carbocycles. The fraction of sp³-hybridized carbons (Fsp3) is 0.0370. The molecule has 0 unspecified atom stereocenters. The number of carboxylic acids is 1. The Morgan fingerprint density at radius 3 is 2.23 bits per heavy atom. The van der Waals surface area contributed by atoms with Gasteiger partial charge in [-0.3, -0.25) is 0 Å². The van der Waals surface area contributed by atoms with Crippen LogP contribution in [-0.4, -0.2) is 11.1 Å². The van der Waals surface area contributed by atoms with E-state index in [-0.39, 0.29) is 5.56 Å². The molecule has 4 aromatic rings. The standard InChI is InChI=1S/C27H19NO3/c28-17-25(22-9-11-23(12-10-22)27(29)30)15-19-6-13-26(14-7-19)31-18-20-5-8-21-3-1-2-4-24(21)16-20/h1-16H,18H2,(H,29,30)/b25-15-. The third-order valence-corrected chi connectivity index (χ3v) is 4.97. The molecule has 0 atom stereocenters. The number of nitrogens with zero attached hydrogens (tertiary/aromatic N) is 1. The number of allylic oxidation sites excluding steroid dienone is 1. The molecule has 0 radical (unpaired) electrons. The van der Waals surface area contributed by atoms with E-state index >= 15 is 0 Å². The van der Waals surface area contributed by atoms with Crippen molar-refractivity contribution in [2.24, 2.45) is 0 Å². The van der Waals surface area contributed by atoms with Crippen molar-refractivity contribution in [3.05, 3.63) is 113 Å². The molecule has 0 spiro atoms. The Kier molecular flexibility index (Phi) is 5.77. The van der Waals surface area contributed by atoms with Crippen LogP contribution in [0.25, 0.3) is 22.4 Å². The molecule has 0 bridgehead atoms. The molecule has 0 aromatic heterocycles. The van der Waals surface area contributed by atoms with E-state index in [1.807, 2.05) is 36.4 Å². The first-order chi connectivity index (χ1) is 15.1. The average Bonchev–Trinajstić information content (AvgIpc) is 2.82. The van der Waals surface area contributed by atoms with Crippen molar-refractivity contribution in [1.82, 2.24) is 0 Å². The summed E-state index contributed by atoms with van der Waals surface area (Å²) in [5.74, 6) is -0.247. The van der Waals surface area contributed by atoms with Crippen molar-refractivity contribution in [2.75, 3.05) is 0 Å². The van der Waals surface area contributed by atoms with Gasteiger partial charge in [-0.2, -0.15) is 5.26 Å². The van der Waals surface area contributed by atoms with Crippen LogP contribution in [-0.2, 0) is 6.61 Å². The lowest BCUT2D eigenvalue weighted by Crippen LogP contribution is -1.96. The summed E-state index contributed by atoms with van der Waals surface area (Å²) >= 11 is 0. The molecule has 1 N–H and O–H groups in total. The van der Waals surface area contributed by atoms with Crippen LogP contribution in [0.5, 0.6) is 5.75 Å². The molecule has 0 heterocycles. The number of aromatic carboxylic acids is 1. The van der Waals surface area contributed by atoms with E-state index in [1.54, 1.807) is 18.2 Å². The second-order valence-electron chi connectivity index (χ2n) is 7.09. The fourth-order valence-corrected chi connectivity index (χ4v) is 3.29. The molecular weight excluding hydrogens is 386 g/mol. The van der Waals surface area contributed by atoms with Gasteiger partial charge in [0.25, 0.3) is 0 Å². The number of fused-ring (bicyclic) bond motifs is 1. The zero-order valence-corrected chi connectivity index (χ0v) is 16.7. The topological polar surface area (TPSA) is 70.3 Å². The van der Waals surface area contributed by atoms with Gasteiger partial charge in [0, 0.05) is 0 Å². The lowest BCUT2D eigenvalue weighted by molar-refractivity contribution is 0.0697. The van der Waals surface area contributed by atoms with E-state index in [2.05, 4.69) is 36.4 Å². The third kappa shape index (κ3) is 4.80. The van der Waals surface area contributed by atoms with E-state index in [4.69, 9.17) is 9.84 Å². The first-order valence-corrected chi connectivity index (χ1v) is 9.78. The van der Waals surface area contributed by atoms with Gasteiger partial charge < -0.3 is 9.84 Å². The monoisotopic (exact) mass is 405 g/mol. The lowest BCUT2D eigenvalue weighted by atomic mass is 10.0. The predicted octanol–water partition coefficient (Wildman–Crippen LogP) is 6.18. The van der Waals surface area contributed by atoms with Gasteiger partial charge in [0.1, 0.15) is 12.4 Å². The van der Waals surface area contributed by atoms with Gasteiger partial charge in [-0.15, -0.1) is 0 Å². The molecule has 4 heteroatoms. The molecule has 4 nitrogen and oxygen atoms in total. The smallest absolute Gasteiger partial charge is 0.335 e. The summed E-state index contributed by atoms with van der Waals surface area (Å²) in [7, 11) is 0. The zero-order valence-electron chi connectivity index (χ0n) is 16.7. The Balaban J connectivity index is 1.45. The Morgan fingerprint density at radius 2 is 1.55 bits per heavy atom. The summed E-state index contributed by atoms with van der Waals surface area (Å²) in [6.07, 6.45) is 1.77. The van der Waals surface area contributed by atoms with Crippen LogP contribution >= 0.6 is 0 Å². The Morgan fingerprint density at radius 1 is 0.871 bits per heavy atom. The Hall–Kier alpha value is -4.36. The number of ether oxygens (including phenoxy) is 1. The minimum Gasteiger partial charge on any atom is -0.489 e. The largest absolute Gasteiger partial charge is 0.489 e. The van der Waals surface area contributed by atoms with E-state index in [9.17, 15) is 10.1 Å². The summed E-state index contributed by atoms with van der Waals surface area (Å²) in [5.41, 5.74) is 3.27. The van der Waals surface area contributed by atoms with Crippen LogP contribution in [0.2, 0.25) is 0 Å². The molecule has 0 aliphatic carbocycles. The molecule has 0 aliphatic rings. The highest BCUT2D eigenvalue weighted by Crippen LogP contribution is 2.22. The summed E-state index contributed by atoms with van der Waals surface area (Å²) in [4.78, 5) is 11.0. The highest BCUT2D eigenvalue weighted by atomic mass is 16.5. The van der Waals surface area contributed by atoms with Crippen LogP contribution in [0.4, 0.5) is 0 Å². The van der Waals surface area contributed by atoms with E-state index < -0.39 is 5.97 Å². The van der Waals surface area contributed by atoms with E-state index in [0.29, 0.717) is 17.7 Å². The van der Waals surface area contributed by atoms with Crippen molar-refractivity contribution in [3.63, 3.8) is 0 Å². The predicted molar refractivity (Wildman–Crippen MR) is 122 cm³/mol. The van der Waals surface area contributed by atoms with E-state index in [1.165, 1.54) is 22.9 Å². The number of rotatable bonds is 6. The molecule has 0 aliphatic heterocycles. The SMILES string of the molecule is N#C/C(=C/c1ccc(OCc2ccc3ccccc3c2)cc1)c1ccc(C(=O)O)cc1. The molecule has 0 fully saturated rings.